The molecule has 0 saturated heterocycles. The van der Waals surface area contributed by atoms with Crippen molar-refractivity contribution in [3.63, 3.8) is 0 Å². The van der Waals surface area contributed by atoms with Gasteiger partial charge in [-0.1, -0.05) is 30.3 Å². The predicted octanol–water partition coefficient (Wildman–Crippen LogP) is 0.730. The number of rotatable bonds is 7. The first-order valence-electron chi connectivity index (χ1n) is 6.42. The van der Waals surface area contributed by atoms with E-state index >= 15 is 0 Å². The van der Waals surface area contributed by atoms with E-state index in [0.29, 0.717) is 0 Å². The molecule has 0 radical (unpaired) electrons. The molecule has 0 saturated carbocycles. The van der Waals surface area contributed by atoms with Crippen LogP contribution in [0.1, 0.15) is 5.56 Å². The van der Waals surface area contributed by atoms with Crippen molar-refractivity contribution < 1.29 is 29.1 Å². The summed E-state index contributed by atoms with van der Waals surface area (Å²) in [5.41, 5.74) is 0.756. The number of benzene rings is 1. The van der Waals surface area contributed by atoms with Crippen LogP contribution in [0.3, 0.4) is 0 Å². The lowest BCUT2D eigenvalue weighted by Crippen LogP contribution is -2.43. The summed E-state index contributed by atoms with van der Waals surface area (Å²) in [5, 5.41) is 9.72. The lowest BCUT2D eigenvalue weighted by molar-refractivity contribution is -0.169. The van der Waals surface area contributed by atoms with Gasteiger partial charge in [-0.3, -0.25) is 19.3 Å². The summed E-state index contributed by atoms with van der Waals surface area (Å²) in [4.78, 5) is 39.9. The number of amides is 2. The zero-order valence-electron chi connectivity index (χ0n) is 12.4. The average Bonchev–Trinajstić information content (AvgIpc) is 2.51. The molecule has 120 valence electrons. The van der Waals surface area contributed by atoms with E-state index in [1.54, 1.807) is 24.3 Å². The van der Waals surface area contributed by atoms with Crippen LogP contribution in [-0.2, 0) is 25.8 Å². The third kappa shape index (κ3) is 5.80. The lowest BCUT2D eigenvalue weighted by atomic mass is 10.2. The maximum Gasteiger partial charge on any atom is 0.411 e. The van der Waals surface area contributed by atoms with E-state index in [0.717, 1.165) is 15.5 Å². The predicted molar refractivity (Wildman–Crippen MR) is 75.6 cm³/mol. The Bertz CT molecular complexity index is 519. The summed E-state index contributed by atoms with van der Waals surface area (Å²) in [7, 11) is 2.64. The van der Waals surface area contributed by atoms with E-state index < -0.39 is 31.1 Å². The highest BCUT2D eigenvalue weighted by Gasteiger charge is 2.23. The van der Waals surface area contributed by atoms with Crippen molar-refractivity contribution in [3.05, 3.63) is 35.9 Å². The topological polar surface area (TPSA) is 96.4 Å². The maximum atomic E-state index is 11.9. The smallest absolute Gasteiger partial charge is 0.411 e. The van der Waals surface area contributed by atoms with Gasteiger partial charge >= 0.3 is 12.1 Å². The first kappa shape index (κ1) is 17.4. The Morgan fingerprint density at radius 1 is 1.14 bits per heavy atom. The van der Waals surface area contributed by atoms with Crippen LogP contribution in [0.15, 0.2) is 30.3 Å². The number of carboxylic acids is 1. The minimum atomic E-state index is -1.25. The van der Waals surface area contributed by atoms with Gasteiger partial charge in [-0.05, 0) is 5.56 Å². The molecule has 2 amide bonds. The molecule has 0 aliphatic carbocycles. The van der Waals surface area contributed by atoms with E-state index in [1.807, 2.05) is 6.07 Å². The van der Waals surface area contributed by atoms with E-state index in [-0.39, 0.29) is 6.61 Å². The summed E-state index contributed by atoms with van der Waals surface area (Å²) in [6, 6.07) is 8.92. The Hall–Kier alpha value is -2.61. The monoisotopic (exact) mass is 310 g/mol. The van der Waals surface area contributed by atoms with E-state index in [1.165, 1.54) is 14.2 Å². The van der Waals surface area contributed by atoms with Crippen molar-refractivity contribution in [2.75, 3.05) is 27.2 Å². The second kappa shape index (κ2) is 8.63. The highest BCUT2D eigenvalue weighted by atomic mass is 16.7. The minimum Gasteiger partial charge on any atom is -0.480 e. The zero-order valence-corrected chi connectivity index (χ0v) is 12.4. The van der Waals surface area contributed by atoms with Crippen LogP contribution in [0.25, 0.3) is 0 Å². The fourth-order valence-corrected chi connectivity index (χ4v) is 1.52. The van der Waals surface area contributed by atoms with Gasteiger partial charge in [0.2, 0.25) is 0 Å². The Morgan fingerprint density at radius 2 is 1.77 bits per heavy atom. The van der Waals surface area contributed by atoms with Crippen LogP contribution in [0.4, 0.5) is 4.79 Å². The number of hydroxylamine groups is 2. The van der Waals surface area contributed by atoms with Crippen molar-refractivity contribution in [1.82, 2.24) is 9.96 Å². The van der Waals surface area contributed by atoms with Gasteiger partial charge in [0, 0.05) is 7.05 Å². The van der Waals surface area contributed by atoms with Crippen LogP contribution in [0.2, 0.25) is 0 Å². The van der Waals surface area contributed by atoms with E-state index in [2.05, 4.69) is 4.84 Å². The third-order valence-electron chi connectivity index (χ3n) is 2.74. The number of ether oxygens (including phenoxy) is 1. The molecule has 0 fully saturated rings. The maximum absolute atomic E-state index is 11.9. The first-order chi connectivity index (χ1) is 10.4. The number of hydrogen-bond donors (Lipinski definition) is 1. The second-order valence-corrected chi connectivity index (χ2v) is 4.36. The van der Waals surface area contributed by atoms with Crippen molar-refractivity contribution in [1.29, 1.82) is 0 Å². The quantitative estimate of drug-likeness (QED) is 0.746. The van der Waals surface area contributed by atoms with Crippen LogP contribution < -0.4 is 0 Å². The van der Waals surface area contributed by atoms with Crippen molar-refractivity contribution in [3.8, 4) is 0 Å². The molecular formula is C14H18N2O6. The average molecular weight is 310 g/mol. The molecule has 22 heavy (non-hydrogen) atoms. The molecule has 0 heterocycles. The molecule has 0 bridgehead atoms. The summed E-state index contributed by atoms with van der Waals surface area (Å²) in [5.74, 6) is -1.81. The molecule has 1 N–H and O–H groups in total. The molecule has 1 rings (SSSR count). The molecule has 1 aromatic rings. The van der Waals surface area contributed by atoms with Crippen LogP contribution in [0, 0.1) is 0 Å². The zero-order chi connectivity index (χ0) is 16.5. The molecule has 0 aliphatic heterocycles. The van der Waals surface area contributed by atoms with E-state index in [9.17, 15) is 14.4 Å². The summed E-state index contributed by atoms with van der Waals surface area (Å²) < 4.78 is 5.02. The van der Waals surface area contributed by atoms with E-state index in [4.69, 9.17) is 9.84 Å². The molecule has 0 spiro atoms. The first-order valence-corrected chi connectivity index (χ1v) is 6.42. The summed E-state index contributed by atoms with van der Waals surface area (Å²) in [6.45, 7) is -1.11. The number of carboxylic acid groups (broad SMARTS) is 1. The minimum absolute atomic E-state index is 0.00982. The SMILES string of the molecule is CON(C)C(=O)CN(CC(=O)O)C(=O)OCc1ccccc1. The normalized spacial score (nSPS) is 9.91. The molecule has 8 heteroatoms. The number of aliphatic carboxylic acids is 1. The number of carbonyl (C=O) groups is 3. The highest BCUT2D eigenvalue weighted by molar-refractivity contribution is 5.84. The Balaban J connectivity index is 2.63. The number of carbonyl (C=O) groups excluding carboxylic acids is 2. The molecular weight excluding hydrogens is 292 g/mol. The van der Waals surface area contributed by atoms with Gasteiger partial charge in [-0.15, -0.1) is 0 Å². The Morgan fingerprint density at radius 3 is 2.32 bits per heavy atom. The van der Waals surface area contributed by atoms with Gasteiger partial charge < -0.3 is 9.84 Å². The third-order valence-corrected chi connectivity index (χ3v) is 2.74. The Kier molecular flexibility index (Phi) is 6.84. The molecule has 0 unspecified atom stereocenters. The number of hydrogen-bond acceptors (Lipinski definition) is 5. The lowest BCUT2D eigenvalue weighted by Gasteiger charge is -2.22. The van der Waals surface area contributed by atoms with Gasteiger partial charge in [-0.25, -0.2) is 9.86 Å². The van der Waals surface area contributed by atoms with Gasteiger partial charge in [0.15, 0.2) is 0 Å². The second-order valence-electron chi connectivity index (χ2n) is 4.36. The van der Waals surface area contributed by atoms with Crippen molar-refractivity contribution in [2.24, 2.45) is 0 Å². The Labute approximate surface area is 127 Å². The number of nitrogens with zero attached hydrogens (tertiary/aromatic N) is 2. The molecule has 0 aromatic heterocycles. The van der Waals surface area contributed by atoms with Crippen molar-refractivity contribution >= 4 is 18.0 Å². The molecule has 0 atom stereocenters. The van der Waals surface area contributed by atoms with Crippen LogP contribution in [0.5, 0.6) is 0 Å². The van der Waals surface area contributed by atoms with Crippen molar-refractivity contribution in [2.45, 2.75) is 6.61 Å². The highest BCUT2D eigenvalue weighted by Crippen LogP contribution is 2.04. The van der Waals surface area contributed by atoms with Gasteiger partial charge in [0.05, 0.1) is 7.11 Å². The van der Waals surface area contributed by atoms with Gasteiger partial charge in [-0.2, -0.15) is 0 Å². The van der Waals surface area contributed by atoms with Gasteiger partial charge in [0.1, 0.15) is 19.7 Å². The van der Waals surface area contributed by atoms with Gasteiger partial charge in [0.25, 0.3) is 5.91 Å². The summed E-state index contributed by atoms with van der Waals surface area (Å²) in [6.07, 6.45) is -0.885. The van der Waals surface area contributed by atoms with Crippen LogP contribution in [-0.4, -0.2) is 60.3 Å². The fourth-order valence-electron chi connectivity index (χ4n) is 1.52. The molecule has 8 nitrogen and oxygen atoms in total. The van der Waals surface area contributed by atoms with Crippen LogP contribution >= 0.6 is 0 Å². The molecule has 0 aliphatic rings. The molecule has 1 aromatic carbocycles. The summed E-state index contributed by atoms with van der Waals surface area (Å²) >= 11 is 0. The number of likely N-dealkylation sites (N-methyl/N-ethyl adjacent to an activating group) is 1. The fraction of sp³-hybridized carbons (Fsp3) is 0.357. The largest absolute Gasteiger partial charge is 0.480 e. The standard InChI is InChI=1S/C14H18N2O6/c1-15(21-2)12(17)8-16(9-13(18)19)14(20)22-10-11-6-4-3-5-7-11/h3-7H,8-10H2,1-2H3,(H,18,19).